The minimum atomic E-state index is 0.239. The number of nitrogens with two attached hydrogens (primary N) is 1. The molecular weight excluding hydrogens is 242 g/mol. The normalized spacial score (nSPS) is 10.8. The second kappa shape index (κ2) is 4.61. The van der Waals surface area contributed by atoms with E-state index >= 15 is 0 Å². The third kappa shape index (κ3) is 1.99. The fourth-order valence-corrected chi connectivity index (χ4v) is 1.92. The third-order valence-corrected chi connectivity index (χ3v) is 2.88. The predicted octanol–water partition coefficient (Wildman–Crippen LogP) is 3.14. The van der Waals surface area contributed by atoms with Gasteiger partial charge in [0, 0.05) is 12.6 Å². The second-order valence-electron chi connectivity index (χ2n) is 4.10. The van der Waals surface area contributed by atoms with Crippen LogP contribution in [0, 0.1) is 0 Å². The number of furan rings is 1. The smallest absolute Gasteiger partial charge is 0.232 e. The molecule has 0 aliphatic carbocycles. The van der Waals surface area contributed by atoms with Crippen molar-refractivity contribution in [2.75, 3.05) is 5.73 Å². The molecule has 3 aromatic rings. The summed E-state index contributed by atoms with van der Waals surface area (Å²) in [4.78, 5) is 4.27. The fourth-order valence-electron chi connectivity index (χ4n) is 1.92. The van der Waals surface area contributed by atoms with Crippen molar-refractivity contribution in [3.63, 3.8) is 0 Å². The Labute approximate surface area is 110 Å². The van der Waals surface area contributed by atoms with Gasteiger partial charge in [-0.1, -0.05) is 18.1 Å². The third-order valence-electron chi connectivity index (χ3n) is 2.88. The van der Waals surface area contributed by atoms with E-state index in [2.05, 4.69) is 10.1 Å². The molecule has 3 heterocycles. The van der Waals surface area contributed by atoms with Crippen molar-refractivity contribution in [3.05, 3.63) is 42.3 Å². The number of hydrogen-bond donors (Lipinski definition) is 1. The molecule has 0 aliphatic heterocycles. The molecule has 0 spiro atoms. The Morgan fingerprint density at radius 2 is 2.11 bits per heavy atom. The monoisotopic (exact) mass is 255 g/mol. The number of aromatic nitrogens is 2. The van der Waals surface area contributed by atoms with Gasteiger partial charge in [-0.2, -0.15) is 0 Å². The summed E-state index contributed by atoms with van der Waals surface area (Å²) in [5, 5.41) is 3.98. The van der Waals surface area contributed by atoms with Crippen LogP contribution in [0.5, 0.6) is 0 Å². The van der Waals surface area contributed by atoms with Gasteiger partial charge >= 0.3 is 0 Å². The number of pyridine rings is 1. The maximum Gasteiger partial charge on any atom is 0.232 e. The van der Waals surface area contributed by atoms with Crippen LogP contribution in [-0.4, -0.2) is 10.1 Å². The minimum absolute atomic E-state index is 0.239. The summed E-state index contributed by atoms with van der Waals surface area (Å²) in [5.41, 5.74) is 7.80. The highest BCUT2D eigenvalue weighted by molar-refractivity contribution is 5.83. The van der Waals surface area contributed by atoms with Crippen LogP contribution < -0.4 is 5.73 Å². The summed E-state index contributed by atoms with van der Waals surface area (Å²) in [7, 11) is 0. The highest BCUT2D eigenvalue weighted by Gasteiger charge is 2.20. The zero-order valence-electron chi connectivity index (χ0n) is 10.5. The Morgan fingerprint density at radius 1 is 1.21 bits per heavy atom. The van der Waals surface area contributed by atoms with Crippen molar-refractivity contribution >= 4 is 5.88 Å². The molecule has 5 nitrogen and oxygen atoms in total. The van der Waals surface area contributed by atoms with Gasteiger partial charge in [-0.15, -0.1) is 0 Å². The summed E-state index contributed by atoms with van der Waals surface area (Å²) < 4.78 is 10.8. The highest BCUT2D eigenvalue weighted by Crippen LogP contribution is 2.35. The van der Waals surface area contributed by atoms with Gasteiger partial charge in [0.1, 0.15) is 5.76 Å². The van der Waals surface area contributed by atoms with E-state index in [0.29, 0.717) is 22.7 Å². The number of hydrogen-bond acceptors (Lipinski definition) is 5. The van der Waals surface area contributed by atoms with Gasteiger partial charge in [-0.05, 0) is 24.3 Å². The van der Waals surface area contributed by atoms with Crippen molar-refractivity contribution in [2.24, 2.45) is 0 Å². The van der Waals surface area contributed by atoms with E-state index < -0.39 is 0 Å². The molecule has 0 atom stereocenters. The fraction of sp³-hybridized carbons (Fsp3) is 0.143. The number of anilines is 1. The number of nitrogen functional groups attached to an aromatic ring is 1. The van der Waals surface area contributed by atoms with E-state index in [-0.39, 0.29) is 5.88 Å². The first-order valence-corrected chi connectivity index (χ1v) is 6.05. The highest BCUT2D eigenvalue weighted by atomic mass is 16.5. The first kappa shape index (κ1) is 11.5. The molecule has 0 fully saturated rings. The van der Waals surface area contributed by atoms with Gasteiger partial charge in [0.15, 0.2) is 11.5 Å². The lowest BCUT2D eigenvalue weighted by atomic mass is 10.1. The predicted molar refractivity (Wildman–Crippen MR) is 71.2 cm³/mol. The summed E-state index contributed by atoms with van der Waals surface area (Å²) in [6.45, 7) is 2.03. The average molecular weight is 255 g/mol. The van der Waals surface area contributed by atoms with Crippen LogP contribution in [0.1, 0.15) is 12.7 Å². The quantitative estimate of drug-likeness (QED) is 0.777. The molecule has 3 rings (SSSR count). The largest absolute Gasteiger partial charge is 0.459 e. The Morgan fingerprint density at radius 3 is 2.79 bits per heavy atom. The molecule has 96 valence electrons. The standard InChI is InChI=1S/C14H13N3O2/c1-2-9-6-7-11(18-9)13-12(14(15)19-17-13)10-5-3-4-8-16-10/h3-8H,2,15H2,1H3. The number of nitrogens with zero attached hydrogens (tertiary/aromatic N) is 2. The molecular formula is C14H13N3O2. The molecule has 0 radical (unpaired) electrons. The Balaban J connectivity index is 2.13. The van der Waals surface area contributed by atoms with Crippen molar-refractivity contribution in [3.8, 4) is 22.7 Å². The summed E-state index contributed by atoms with van der Waals surface area (Å²) >= 11 is 0. The van der Waals surface area contributed by atoms with Gasteiger partial charge in [-0.25, -0.2) is 0 Å². The number of rotatable bonds is 3. The van der Waals surface area contributed by atoms with E-state index in [9.17, 15) is 0 Å². The molecule has 3 aromatic heterocycles. The second-order valence-corrected chi connectivity index (χ2v) is 4.10. The van der Waals surface area contributed by atoms with Crippen LogP contribution >= 0.6 is 0 Å². The molecule has 0 saturated heterocycles. The Hall–Kier alpha value is -2.56. The Kier molecular flexibility index (Phi) is 2.79. The van der Waals surface area contributed by atoms with Crippen LogP contribution in [0.15, 0.2) is 45.5 Å². The van der Waals surface area contributed by atoms with Crippen LogP contribution in [0.4, 0.5) is 5.88 Å². The van der Waals surface area contributed by atoms with E-state index in [0.717, 1.165) is 12.2 Å². The zero-order valence-corrected chi connectivity index (χ0v) is 10.5. The van der Waals surface area contributed by atoms with Gasteiger partial charge in [0.05, 0.1) is 11.3 Å². The lowest BCUT2D eigenvalue weighted by Crippen LogP contribution is -1.89. The minimum Gasteiger partial charge on any atom is -0.459 e. The van der Waals surface area contributed by atoms with Crippen LogP contribution in [0.25, 0.3) is 22.7 Å². The lowest BCUT2D eigenvalue weighted by Gasteiger charge is -1.99. The zero-order chi connectivity index (χ0) is 13.2. The van der Waals surface area contributed by atoms with Crippen molar-refractivity contribution in [1.29, 1.82) is 0 Å². The van der Waals surface area contributed by atoms with E-state index in [1.807, 2.05) is 37.3 Å². The number of aryl methyl sites for hydroxylation is 1. The van der Waals surface area contributed by atoms with E-state index in [4.69, 9.17) is 14.7 Å². The van der Waals surface area contributed by atoms with Crippen LogP contribution in [0.2, 0.25) is 0 Å². The summed E-state index contributed by atoms with van der Waals surface area (Å²) in [6, 6.07) is 9.37. The van der Waals surface area contributed by atoms with Gasteiger partial charge in [0.2, 0.25) is 5.88 Å². The van der Waals surface area contributed by atoms with E-state index in [1.54, 1.807) is 6.20 Å². The van der Waals surface area contributed by atoms with Crippen LogP contribution in [0.3, 0.4) is 0 Å². The maximum absolute atomic E-state index is 5.84. The molecule has 0 unspecified atom stereocenters. The lowest BCUT2D eigenvalue weighted by molar-refractivity contribution is 0.434. The van der Waals surface area contributed by atoms with Crippen molar-refractivity contribution in [2.45, 2.75) is 13.3 Å². The van der Waals surface area contributed by atoms with Crippen LogP contribution in [-0.2, 0) is 6.42 Å². The summed E-state index contributed by atoms with van der Waals surface area (Å²) in [6.07, 6.45) is 2.53. The molecule has 0 aliphatic rings. The molecule has 5 heteroatoms. The Bertz CT molecular complexity index is 686. The van der Waals surface area contributed by atoms with Gasteiger partial charge in [0.25, 0.3) is 0 Å². The van der Waals surface area contributed by atoms with Gasteiger partial charge in [-0.3, -0.25) is 4.98 Å². The maximum atomic E-state index is 5.84. The molecule has 0 saturated carbocycles. The SMILES string of the molecule is CCc1ccc(-c2noc(N)c2-c2ccccn2)o1. The topological polar surface area (TPSA) is 78.1 Å². The molecule has 19 heavy (non-hydrogen) atoms. The van der Waals surface area contributed by atoms with Crippen molar-refractivity contribution in [1.82, 2.24) is 10.1 Å². The first-order valence-electron chi connectivity index (χ1n) is 6.05. The van der Waals surface area contributed by atoms with Crippen molar-refractivity contribution < 1.29 is 8.94 Å². The van der Waals surface area contributed by atoms with Gasteiger partial charge < -0.3 is 14.7 Å². The summed E-state index contributed by atoms with van der Waals surface area (Å²) in [5.74, 6) is 1.77. The molecule has 2 N–H and O–H groups in total. The van der Waals surface area contributed by atoms with E-state index in [1.165, 1.54) is 0 Å². The average Bonchev–Trinajstić information content (AvgIpc) is 3.05. The molecule has 0 bridgehead atoms. The molecule has 0 aromatic carbocycles. The first-order chi connectivity index (χ1) is 9.29. The molecule has 0 amide bonds.